The molecule has 0 fully saturated rings. The molecule has 6 heteroatoms. The summed E-state index contributed by atoms with van der Waals surface area (Å²) in [5.41, 5.74) is 4.87. The lowest BCUT2D eigenvalue weighted by Crippen LogP contribution is -2.38. The summed E-state index contributed by atoms with van der Waals surface area (Å²) in [6.07, 6.45) is 2.08. The van der Waals surface area contributed by atoms with Gasteiger partial charge in [-0.15, -0.1) is 0 Å². The van der Waals surface area contributed by atoms with Gasteiger partial charge in [-0.3, -0.25) is 14.7 Å². The van der Waals surface area contributed by atoms with E-state index in [9.17, 15) is 9.59 Å². The zero-order valence-electron chi connectivity index (χ0n) is 14.4. The molecule has 0 radical (unpaired) electrons. The fraction of sp³-hybridized carbons (Fsp3) is 0.421. The number of hydrogen-bond acceptors (Lipinski definition) is 3. The number of nitrogens with one attached hydrogen (secondary N) is 1. The number of hydrogen-bond donors (Lipinski definition) is 1. The van der Waals surface area contributed by atoms with E-state index in [-0.39, 0.29) is 11.8 Å². The first-order valence-electron chi connectivity index (χ1n) is 8.87. The summed E-state index contributed by atoms with van der Waals surface area (Å²) in [7, 11) is 0. The first-order chi connectivity index (χ1) is 12.2. The van der Waals surface area contributed by atoms with Crippen LogP contribution < -0.4 is 0 Å². The van der Waals surface area contributed by atoms with Gasteiger partial charge in [0.1, 0.15) is 0 Å². The van der Waals surface area contributed by atoms with Crippen molar-refractivity contribution >= 4 is 11.8 Å². The summed E-state index contributed by atoms with van der Waals surface area (Å²) in [6, 6.07) is 8.26. The molecule has 2 aromatic rings. The summed E-state index contributed by atoms with van der Waals surface area (Å²) in [5.74, 6) is 0.0787. The highest BCUT2D eigenvalue weighted by Crippen LogP contribution is 2.25. The number of carbonyl (C=O) groups excluding carboxylic acids is 2. The Labute approximate surface area is 146 Å². The predicted molar refractivity (Wildman–Crippen MR) is 92.9 cm³/mol. The van der Waals surface area contributed by atoms with E-state index in [1.54, 1.807) is 0 Å². The fourth-order valence-corrected chi connectivity index (χ4v) is 3.73. The Hall–Kier alpha value is -2.63. The molecule has 130 valence electrons. The van der Waals surface area contributed by atoms with Crippen molar-refractivity contribution in [2.24, 2.45) is 0 Å². The molecule has 0 saturated carbocycles. The van der Waals surface area contributed by atoms with Gasteiger partial charge in [-0.1, -0.05) is 31.2 Å². The standard InChI is InChI=1S/C19H22N4O2/c1-2-17(24)22-10-8-16-15(12-22)18(21-20-16)19(25)23-9-7-13-5-3-4-6-14(13)11-23/h3-6H,2,7-12H2,1H3,(H,20,21). The van der Waals surface area contributed by atoms with Crippen LogP contribution in [0.3, 0.4) is 0 Å². The first-order valence-corrected chi connectivity index (χ1v) is 8.87. The lowest BCUT2D eigenvalue weighted by molar-refractivity contribution is -0.131. The smallest absolute Gasteiger partial charge is 0.275 e. The molecule has 0 bridgehead atoms. The molecular weight excluding hydrogens is 316 g/mol. The van der Waals surface area contributed by atoms with Crippen molar-refractivity contribution in [2.45, 2.75) is 39.3 Å². The number of nitrogens with zero attached hydrogens (tertiary/aromatic N) is 3. The summed E-state index contributed by atoms with van der Waals surface area (Å²) in [6.45, 7) is 4.35. The Morgan fingerprint density at radius 3 is 2.64 bits per heavy atom. The number of amides is 2. The molecule has 4 rings (SSSR count). The molecule has 0 aliphatic carbocycles. The number of benzene rings is 1. The van der Waals surface area contributed by atoms with Gasteiger partial charge in [-0.25, -0.2) is 0 Å². The Morgan fingerprint density at radius 2 is 1.84 bits per heavy atom. The zero-order chi connectivity index (χ0) is 17.4. The lowest BCUT2D eigenvalue weighted by Gasteiger charge is -2.30. The quantitative estimate of drug-likeness (QED) is 0.909. The maximum Gasteiger partial charge on any atom is 0.275 e. The molecule has 2 amide bonds. The van der Waals surface area contributed by atoms with Gasteiger partial charge in [-0.05, 0) is 17.5 Å². The molecule has 1 aromatic heterocycles. The van der Waals surface area contributed by atoms with Gasteiger partial charge in [0.25, 0.3) is 5.91 Å². The van der Waals surface area contributed by atoms with Crippen LogP contribution >= 0.6 is 0 Å². The Bertz CT molecular complexity index is 827. The van der Waals surface area contributed by atoms with Crippen molar-refractivity contribution in [1.82, 2.24) is 20.0 Å². The number of rotatable bonds is 2. The van der Waals surface area contributed by atoms with E-state index in [0.717, 1.165) is 24.1 Å². The van der Waals surface area contributed by atoms with Gasteiger partial charge in [0.2, 0.25) is 5.91 Å². The molecule has 1 N–H and O–H groups in total. The van der Waals surface area contributed by atoms with Gasteiger partial charge < -0.3 is 9.80 Å². The van der Waals surface area contributed by atoms with Crippen LogP contribution in [0.15, 0.2) is 24.3 Å². The van der Waals surface area contributed by atoms with E-state index >= 15 is 0 Å². The molecule has 2 aliphatic rings. The second-order valence-corrected chi connectivity index (χ2v) is 6.69. The van der Waals surface area contributed by atoms with Crippen molar-refractivity contribution < 1.29 is 9.59 Å². The Balaban J connectivity index is 1.57. The average Bonchev–Trinajstić information content (AvgIpc) is 3.09. The third-order valence-electron chi connectivity index (χ3n) is 5.21. The topological polar surface area (TPSA) is 69.3 Å². The van der Waals surface area contributed by atoms with Crippen molar-refractivity contribution in [3.8, 4) is 0 Å². The second-order valence-electron chi connectivity index (χ2n) is 6.69. The van der Waals surface area contributed by atoms with Gasteiger partial charge in [-0.2, -0.15) is 5.10 Å². The van der Waals surface area contributed by atoms with E-state index in [1.165, 1.54) is 11.1 Å². The molecule has 0 atom stereocenters. The summed E-state index contributed by atoms with van der Waals surface area (Å²) < 4.78 is 0. The number of H-pyrrole nitrogens is 1. The highest BCUT2D eigenvalue weighted by molar-refractivity contribution is 5.94. The highest BCUT2D eigenvalue weighted by atomic mass is 16.2. The second kappa shape index (κ2) is 6.35. The maximum absolute atomic E-state index is 13.0. The van der Waals surface area contributed by atoms with Crippen LogP contribution in [0.25, 0.3) is 0 Å². The van der Waals surface area contributed by atoms with Gasteiger partial charge in [0.15, 0.2) is 5.69 Å². The fourth-order valence-electron chi connectivity index (χ4n) is 3.73. The molecule has 0 saturated heterocycles. The summed E-state index contributed by atoms with van der Waals surface area (Å²) in [5, 5.41) is 7.30. The van der Waals surface area contributed by atoms with Gasteiger partial charge >= 0.3 is 0 Å². The van der Waals surface area contributed by atoms with Crippen LogP contribution in [0.1, 0.15) is 46.2 Å². The predicted octanol–water partition coefficient (Wildman–Crippen LogP) is 1.90. The SMILES string of the molecule is CCC(=O)N1CCc2[nH]nc(C(=O)N3CCc4ccccc4C3)c2C1. The summed E-state index contributed by atoms with van der Waals surface area (Å²) in [4.78, 5) is 28.7. The van der Waals surface area contributed by atoms with Crippen LogP contribution in [0, 0.1) is 0 Å². The molecule has 1 aromatic carbocycles. The molecule has 0 unspecified atom stereocenters. The molecule has 2 aliphatic heterocycles. The third-order valence-corrected chi connectivity index (χ3v) is 5.21. The van der Waals surface area contributed by atoms with Crippen LogP contribution in [0.2, 0.25) is 0 Å². The third kappa shape index (κ3) is 2.81. The van der Waals surface area contributed by atoms with E-state index in [1.807, 2.05) is 28.9 Å². The van der Waals surface area contributed by atoms with Crippen molar-refractivity contribution in [3.05, 3.63) is 52.3 Å². The van der Waals surface area contributed by atoms with E-state index in [2.05, 4.69) is 22.3 Å². The normalized spacial score (nSPS) is 16.4. The van der Waals surface area contributed by atoms with Crippen LogP contribution in [0.5, 0.6) is 0 Å². The van der Waals surface area contributed by atoms with Crippen molar-refractivity contribution in [3.63, 3.8) is 0 Å². The average molecular weight is 338 g/mol. The number of fused-ring (bicyclic) bond motifs is 2. The minimum absolute atomic E-state index is 0.0437. The van der Waals surface area contributed by atoms with E-state index in [4.69, 9.17) is 0 Å². The Kier molecular flexibility index (Phi) is 4.03. The summed E-state index contributed by atoms with van der Waals surface area (Å²) >= 11 is 0. The lowest BCUT2D eigenvalue weighted by atomic mass is 9.99. The zero-order valence-corrected chi connectivity index (χ0v) is 14.4. The molecular formula is C19H22N4O2. The van der Waals surface area contributed by atoms with Gasteiger partial charge in [0, 0.05) is 50.3 Å². The molecule has 6 nitrogen and oxygen atoms in total. The van der Waals surface area contributed by atoms with E-state index in [0.29, 0.717) is 38.3 Å². The van der Waals surface area contributed by atoms with Gasteiger partial charge in [0.05, 0.1) is 0 Å². The van der Waals surface area contributed by atoms with Crippen LogP contribution in [-0.4, -0.2) is 44.9 Å². The molecule has 0 spiro atoms. The maximum atomic E-state index is 13.0. The number of carbonyl (C=O) groups is 2. The minimum atomic E-state index is -0.0437. The minimum Gasteiger partial charge on any atom is -0.338 e. The van der Waals surface area contributed by atoms with Crippen LogP contribution in [0.4, 0.5) is 0 Å². The van der Waals surface area contributed by atoms with E-state index < -0.39 is 0 Å². The highest BCUT2D eigenvalue weighted by Gasteiger charge is 2.30. The van der Waals surface area contributed by atoms with Crippen molar-refractivity contribution in [1.29, 1.82) is 0 Å². The molecule has 3 heterocycles. The van der Waals surface area contributed by atoms with Crippen molar-refractivity contribution in [2.75, 3.05) is 13.1 Å². The Morgan fingerprint density at radius 1 is 1.08 bits per heavy atom. The molecule has 25 heavy (non-hydrogen) atoms. The number of aromatic amines is 1. The van der Waals surface area contributed by atoms with Crippen LogP contribution in [-0.2, 0) is 30.7 Å². The first kappa shape index (κ1) is 15.9. The number of aromatic nitrogens is 2. The monoisotopic (exact) mass is 338 g/mol. The largest absolute Gasteiger partial charge is 0.338 e.